The van der Waals surface area contributed by atoms with Crippen molar-refractivity contribution in [2.45, 2.75) is 161 Å². The molecule has 2 atom stereocenters. The van der Waals surface area contributed by atoms with Gasteiger partial charge in [-0.3, -0.25) is 9.59 Å². The molecule has 7 nitrogen and oxygen atoms in total. The molecule has 0 aromatic heterocycles. The second-order valence-corrected chi connectivity index (χ2v) is 13.5. The zero-order valence-electron chi connectivity index (χ0n) is 32.9. The summed E-state index contributed by atoms with van der Waals surface area (Å²) in [4.78, 5) is 40.1. The van der Waals surface area contributed by atoms with Crippen LogP contribution in [-0.2, 0) is 14.3 Å². The largest absolute Gasteiger partial charge is 0.448 e. The highest BCUT2D eigenvalue weighted by Crippen LogP contribution is 2.14. The van der Waals surface area contributed by atoms with Crippen molar-refractivity contribution in [2.75, 3.05) is 27.2 Å². The van der Waals surface area contributed by atoms with Crippen molar-refractivity contribution in [1.29, 1.82) is 0 Å². The lowest BCUT2D eigenvalue weighted by molar-refractivity contribution is -0.129. The van der Waals surface area contributed by atoms with Crippen molar-refractivity contribution in [3.05, 3.63) is 72.9 Å². The number of rotatable bonds is 34. The lowest BCUT2D eigenvalue weighted by atomic mass is 9.95. The minimum Gasteiger partial charge on any atom is -0.448 e. The molecule has 0 heterocycles. The lowest BCUT2D eigenvalue weighted by Crippen LogP contribution is -2.48. The number of hydrogen-bond acceptors (Lipinski definition) is 6. The number of Topliss-reactive ketones (excluding diaryl/α,β-unsaturated/α-hetero) is 2. The van der Waals surface area contributed by atoms with Gasteiger partial charge in [-0.15, -0.1) is 0 Å². The van der Waals surface area contributed by atoms with Gasteiger partial charge in [-0.1, -0.05) is 125 Å². The van der Waals surface area contributed by atoms with E-state index in [2.05, 4.69) is 92.1 Å². The highest BCUT2D eigenvalue weighted by atomic mass is 16.5. The molecule has 0 aliphatic heterocycles. The number of unbranched alkanes of at least 4 members (excludes halogenated alkanes) is 10. The van der Waals surface area contributed by atoms with E-state index >= 15 is 0 Å². The molecule has 2 unspecified atom stereocenters. The lowest BCUT2D eigenvalue weighted by Gasteiger charge is -2.23. The number of hydrogen-bond donors (Lipinski definition) is 2. The maximum atomic E-state index is 12.9. The fraction of sp³-hybridized carbons (Fsp3) is 0.659. The predicted molar refractivity (Wildman–Crippen MR) is 216 cm³/mol. The molecular weight excluding hydrogens is 636 g/mol. The summed E-state index contributed by atoms with van der Waals surface area (Å²) >= 11 is 0. The Labute approximate surface area is 312 Å². The summed E-state index contributed by atoms with van der Waals surface area (Å²) in [6.07, 6.45) is 42.9. The van der Waals surface area contributed by atoms with Gasteiger partial charge in [-0.2, -0.15) is 0 Å². The van der Waals surface area contributed by atoms with Crippen LogP contribution in [0.15, 0.2) is 72.9 Å². The topological polar surface area (TPSA) is 95.9 Å². The summed E-state index contributed by atoms with van der Waals surface area (Å²) in [7, 11) is 3.75. The van der Waals surface area contributed by atoms with Crippen molar-refractivity contribution < 1.29 is 24.2 Å². The number of aliphatic hydroxyl groups is 1. The number of ether oxygens (including phenoxy) is 1. The third kappa shape index (κ3) is 33.9. The quantitative estimate of drug-likeness (QED) is 0.0510. The Morgan fingerprint density at radius 2 is 1.04 bits per heavy atom. The van der Waals surface area contributed by atoms with Gasteiger partial charge in [0.05, 0.1) is 6.04 Å². The van der Waals surface area contributed by atoms with Crippen LogP contribution in [-0.4, -0.2) is 67.1 Å². The van der Waals surface area contributed by atoms with Gasteiger partial charge in [0.2, 0.25) is 0 Å². The predicted octanol–water partition coefficient (Wildman–Crippen LogP) is 10.7. The summed E-state index contributed by atoms with van der Waals surface area (Å²) in [5, 5.41) is 13.5. The number of allylic oxidation sites excluding steroid dienone is 12. The summed E-state index contributed by atoms with van der Waals surface area (Å²) in [6, 6.07) is -0.985. The van der Waals surface area contributed by atoms with Crippen LogP contribution >= 0.6 is 0 Å². The Balaban J connectivity index is 4.44. The Morgan fingerprint density at radius 3 is 1.53 bits per heavy atom. The minimum atomic E-state index is -1.43. The number of amides is 1. The highest BCUT2D eigenvalue weighted by molar-refractivity contribution is 5.86. The van der Waals surface area contributed by atoms with Crippen LogP contribution in [0.4, 0.5) is 4.79 Å². The maximum Gasteiger partial charge on any atom is 0.407 e. The molecule has 0 spiro atoms. The molecule has 0 aromatic carbocycles. The zero-order valence-corrected chi connectivity index (χ0v) is 32.9. The van der Waals surface area contributed by atoms with Gasteiger partial charge >= 0.3 is 6.09 Å². The number of nitrogens with one attached hydrogen (secondary N) is 1. The van der Waals surface area contributed by atoms with E-state index in [-0.39, 0.29) is 31.0 Å². The van der Waals surface area contributed by atoms with E-state index < -0.39 is 18.2 Å². The Morgan fingerprint density at radius 1 is 0.608 bits per heavy atom. The number of likely N-dealkylation sites (N-methyl/N-ethyl adjacent to an activating group) is 1. The molecule has 0 aromatic rings. The van der Waals surface area contributed by atoms with Crippen molar-refractivity contribution >= 4 is 17.7 Å². The second kappa shape index (κ2) is 36.8. The molecule has 0 aliphatic rings. The van der Waals surface area contributed by atoms with Crippen LogP contribution in [0.1, 0.15) is 149 Å². The first kappa shape index (κ1) is 48.0. The number of aliphatic hydroxyl groups excluding tert-OH is 1. The van der Waals surface area contributed by atoms with Gasteiger partial charge < -0.3 is 20.1 Å². The molecule has 1 amide bonds. The number of carbonyl (C=O) groups excluding carboxylic acids is 3. The average molecular weight is 711 g/mol. The molecule has 290 valence electrons. The summed E-state index contributed by atoms with van der Waals surface area (Å²) in [5.74, 6) is -0.396. The summed E-state index contributed by atoms with van der Waals surface area (Å²) in [5.41, 5.74) is 0. The van der Waals surface area contributed by atoms with E-state index in [1.165, 1.54) is 0 Å². The van der Waals surface area contributed by atoms with Gasteiger partial charge in [0.1, 0.15) is 18.5 Å². The molecule has 51 heavy (non-hydrogen) atoms. The van der Waals surface area contributed by atoms with Crippen LogP contribution < -0.4 is 5.32 Å². The van der Waals surface area contributed by atoms with E-state index in [1.54, 1.807) is 0 Å². The average Bonchev–Trinajstić information content (AvgIpc) is 3.10. The van der Waals surface area contributed by atoms with Gasteiger partial charge in [0.15, 0.2) is 5.78 Å². The van der Waals surface area contributed by atoms with Crippen LogP contribution in [0.5, 0.6) is 0 Å². The normalized spacial score (nSPS) is 13.6. The first-order valence-electron chi connectivity index (χ1n) is 20.0. The SMILES string of the molecule is CC/C=C\C/C=C\C/C=C\CCCCCCCC(=O)CC(NC(=O)OCCN(C)C)C(O)C(=O)CCCCCCC/C=C\C/C=C\C/C=C\CC. The van der Waals surface area contributed by atoms with E-state index in [9.17, 15) is 19.5 Å². The molecule has 0 fully saturated rings. The molecule has 0 aliphatic carbocycles. The van der Waals surface area contributed by atoms with E-state index in [4.69, 9.17) is 4.74 Å². The standard InChI is InChI=1S/C44H74N2O5/c1-5-7-9-11-13-15-17-19-21-23-25-27-29-31-33-35-40(47)39-41(45-44(50)51-38-37-46(3)4)43(49)42(48)36-34-32-30-28-26-24-22-20-18-16-14-12-10-8-6-2/h7-10,13-16,19-22,41,43,49H,5-6,11-12,17-18,23-39H2,1-4H3,(H,45,50)/b9-7-,10-8-,15-13-,16-14-,21-19-,22-20-. The molecule has 0 bridgehead atoms. The number of nitrogens with zero attached hydrogens (tertiary/aromatic N) is 1. The molecular formula is C44H74N2O5. The number of ketones is 2. The van der Waals surface area contributed by atoms with E-state index in [1.807, 2.05) is 19.0 Å². The maximum absolute atomic E-state index is 12.9. The van der Waals surface area contributed by atoms with Crippen molar-refractivity contribution in [3.63, 3.8) is 0 Å². The molecule has 7 heteroatoms. The number of carbonyl (C=O) groups is 3. The van der Waals surface area contributed by atoms with Crippen LogP contribution in [0.3, 0.4) is 0 Å². The smallest absolute Gasteiger partial charge is 0.407 e. The van der Waals surface area contributed by atoms with Crippen LogP contribution in [0.2, 0.25) is 0 Å². The fourth-order valence-corrected chi connectivity index (χ4v) is 5.33. The Bertz CT molecular complexity index is 1040. The first-order valence-corrected chi connectivity index (χ1v) is 20.0. The fourth-order valence-electron chi connectivity index (χ4n) is 5.33. The summed E-state index contributed by atoms with van der Waals surface area (Å²) in [6.45, 7) is 5.01. The van der Waals surface area contributed by atoms with Gasteiger partial charge in [-0.05, 0) is 91.1 Å². The molecule has 0 radical (unpaired) electrons. The Hall–Kier alpha value is -3.03. The van der Waals surface area contributed by atoms with Gasteiger partial charge in [-0.25, -0.2) is 4.79 Å². The summed E-state index contributed by atoms with van der Waals surface area (Å²) < 4.78 is 5.23. The zero-order chi connectivity index (χ0) is 37.6. The minimum absolute atomic E-state index is 0.0594. The third-order valence-corrected chi connectivity index (χ3v) is 8.41. The second-order valence-electron chi connectivity index (χ2n) is 13.5. The van der Waals surface area contributed by atoms with Crippen molar-refractivity contribution in [2.24, 2.45) is 0 Å². The van der Waals surface area contributed by atoms with Gasteiger partial charge in [0, 0.05) is 25.8 Å². The van der Waals surface area contributed by atoms with Crippen LogP contribution in [0, 0.1) is 0 Å². The molecule has 0 saturated carbocycles. The monoisotopic (exact) mass is 711 g/mol. The van der Waals surface area contributed by atoms with E-state index in [0.717, 1.165) is 109 Å². The highest BCUT2D eigenvalue weighted by Gasteiger charge is 2.29. The number of alkyl carbamates (subject to hydrolysis) is 1. The first-order chi connectivity index (χ1) is 24.8. The molecule has 2 N–H and O–H groups in total. The molecule has 0 saturated heterocycles. The Kier molecular flexibility index (Phi) is 34.6. The van der Waals surface area contributed by atoms with Crippen molar-refractivity contribution in [1.82, 2.24) is 10.2 Å². The van der Waals surface area contributed by atoms with E-state index in [0.29, 0.717) is 19.4 Å². The van der Waals surface area contributed by atoms with Gasteiger partial charge in [0.25, 0.3) is 0 Å². The van der Waals surface area contributed by atoms with Crippen LogP contribution in [0.25, 0.3) is 0 Å². The third-order valence-electron chi connectivity index (χ3n) is 8.41. The molecule has 0 rings (SSSR count). The van der Waals surface area contributed by atoms with Crippen molar-refractivity contribution in [3.8, 4) is 0 Å².